The van der Waals surface area contributed by atoms with Gasteiger partial charge in [-0.3, -0.25) is 9.59 Å². The van der Waals surface area contributed by atoms with Gasteiger partial charge in [-0.1, -0.05) is 133 Å². The quantitative estimate of drug-likeness (QED) is 0.114. The van der Waals surface area contributed by atoms with Gasteiger partial charge in [-0.2, -0.15) is 0 Å². The third-order valence-electron chi connectivity index (χ3n) is 6.98. The summed E-state index contributed by atoms with van der Waals surface area (Å²) in [6, 6.07) is 10.2. The summed E-state index contributed by atoms with van der Waals surface area (Å²) in [7, 11) is 0. The molecule has 0 aliphatic rings. The predicted octanol–water partition coefficient (Wildman–Crippen LogP) is 9.46. The Morgan fingerprint density at radius 2 is 1.22 bits per heavy atom. The van der Waals surface area contributed by atoms with E-state index >= 15 is 0 Å². The molecule has 0 amide bonds. The molecule has 0 saturated carbocycles. The number of hydrogen-bond acceptors (Lipinski definition) is 4. The first-order valence-corrected chi connectivity index (χ1v) is 15.0. The van der Waals surface area contributed by atoms with Gasteiger partial charge in [0, 0.05) is 26.2 Å². The average molecular weight is 515 g/mol. The molecule has 4 heteroatoms. The van der Waals surface area contributed by atoms with E-state index < -0.39 is 0 Å². The fourth-order valence-corrected chi connectivity index (χ4v) is 4.94. The number of rotatable bonds is 22. The van der Waals surface area contributed by atoms with Gasteiger partial charge in [-0.05, 0) is 24.8 Å². The molecule has 1 aromatic carbocycles. The third kappa shape index (κ3) is 17.9. The summed E-state index contributed by atoms with van der Waals surface area (Å²) >= 11 is 0. The maximum atomic E-state index is 12.1. The highest BCUT2D eigenvalue weighted by Gasteiger charge is 2.27. The van der Waals surface area contributed by atoms with Crippen LogP contribution < -0.4 is 0 Å². The summed E-state index contributed by atoms with van der Waals surface area (Å²) in [5, 5.41) is 0. The normalized spacial score (nSPS) is 13.8. The Bertz CT molecular complexity index is 727. The van der Waals surface area contributed by atoms with Gasteiger partial charge >= 0.3 is 11.9 Å². The van der Waals surface area contributed by atoms with Crippen LogP contribution in [-0.2, 0) is 19.1 Å². The number of hydrogen-bond donors (Lipinski definition) is 0. The molecular formula is C33H54O4. The Morgan fingerprint density at radius 3 is 1.78 bits per heavy atom. The highest BCUT2D eigenvalue weighted by molar-refractivity contribution is 5.66. The Kier molecular flexibility index (Phi) is 19.5. The minimum absolute atomic E-state index is 0.0853. The number of ether oxygens (including phenoxy) is 2. The summed E-state index contributed by atoms with van der Waals surface area (Å²) in [6.45, 7) is 7.41. The molecule has 210 valence electrons. The molecule has 3 atom stereocenters. The second kappa shape index (κ2) is 21.9. The van der Waals surface area contributed by atoms with Gasteiger partial charge in [0.25, 0.3) is 0 Å². The van der Waals surface area contributed by atoms with Crippen molar-refractivity contribution in [1.82, 2.24) is 0 Å². The van der Waals surface area contributed by atoms with Crippen LogP contribution in [-0.4, -0.2) is 24.1 Å². The van der Waals surface area contributed by atoms with Crippen molar-refractivity contribution in [2.75, 3.05) is 0 Å². The topological polar surface area (TPSA) is 52.6 Å². The Labute approximate surface area is 227 Å². The molecular weight excluding hydrogens is 460 g/mol. The standard InChI is InChI=1S/C33H54O4/c1-5-7-9-11-12-13-14-15-20-24-32(36-28(3)34)27-33(37-29(4)35)31(23-19-10-8-6-2)26-25-30-21-17-16-18-22-30/h16-18,21-22,25-26,31-33H,5-15,19-20,23-24,27H2,1-4H3/b26-25+/t31-,32+,33+/m1/s1. The van der Waals surface area contributed by atoms with Gasteiger partial charge in [0.15, 0.2) is 0 Å². The molecule has 0 aromatic heterocycles. The molecule has 1 aromatic rings. The summed E-state index contributed by atoms with van der Waals surface area (Å²) in [6.07, 6.45) is 22.1. The van der Waals surface area contributed by atoms with E-state index in [1.54, 1.807) is 0 Å². The number of carbonyl (C=O) groups is 2. The minimum Gasteiger partial charge on any atom is -0.462 e. The van der Waals surface area contributed by atoms with Crippen molar-refractivity contribution in [3.8, 4) is 0 Å². The molecule has 0 fully saturated rings. The van der Waals surface area contributed by atoms with Crippen LogP contribution in [0, 0.1) is 5.92 Å². The summed E-state index contributed by atoms with van der Waals surface area (Å²) in [5.74, 6) is -0.453. The highest BCUT2D eigenvalue weighted by atomic mass is 16.6. The molecule has 0 radical (unpaired) electrons. The number of benzene rings is 1. The number of carbonyl (C=O) groups excluding carboxylic acids is 2. The van der Waals surface area contributed by atoms with Crippen molar-refractivity contribution >= 4 is 18.0 Å². The van der Waals surface area contributed by atoms with Crippen molar-refractivity contribution in [1.29, 1.82) is 0 Å². The van der Waals surface area contributed by atoms with E-state index in [4.69, 9.17) is 9.47 Å². The van der Waals surface area contributed by atoms with Crippen molar-refractivity contribution in [2.24, 2.45) is 5.92 Å². The second-order valence-electron chi connectivity index (χ2n) is 10.5. The molecule has 4 nitrogen and oxygen atoms in total. The third-order valence-corrected chi connectivity index (χ3v) is 6.98. The van der Waals surface area contributed by atoms with E-state index in [1.165, 1.54) is 78.1 Å². The van der Waals surface area contributed by atoms with Gasteiger partial charge < -0.3 is 9.47 Å². The summed E-state index contributed by atoms with van der Waals surface area (Å²) < 4.78 is 11.6. The van der Waals surface area contributed by atoms with E-state index in [0.29, 0.717) is 6.42 Å². The predicted molar refractivity (Wildman–Crippen MR) is 155 cm³/mol. The molecule has 0 aliphatic carbocycles. The van der Waals surface area contributed by atoms with Crippen molar-refractivity contribution in [3.05, 3.63) is 42.0 Å². The molecule has 1 rings (SSSR count). The molecule has 0 aliphatic heterocycles. The molecule has 0 unspecified atom stereocenters. The Morgan fingerprint density at radius 1 is 0.703 bits per heavy atom. The van der Waals surface area contributed by atoms with Crippen LogP contribution in [0.25, 0.3) is 6.08 Å². The fraction of sp³-hybridized carbons (Fsp3) is 0.697. The lowest BCUT2D eigenvalue weighted by molar-refractivity contribution is -0.154. The molecule has 0 bridgehead atoms. The van der Waals surface area contributed by atoms with Crippen molar-refractivity contribution < 1.29 is 19.1 Å². The minimum atomic E-state index is -0.304. The fourth-order valence-electron chi connectivity index (χ4n) is 4.94. The molecule has 37 heavy (non-hydrogen) atoms. The second-order valence-corrected chi connectivity index (χ2v) is 10.5. The van der Waals surface area contributed by atoms with E-state index in [-0.39, 0.29) is 30.1 Å². The van der Waals surface area contributed by atoms with Crippen molar-refractivity contribution in [2.45, 2.75) is 143 Å². The van der Waals surface area contributed by atoms with Crippen LogP contribution in [0.5, 0.6) is 0 Å². The zero-order chi connectivity index (χ0) is 27.1. The van der Waals surface area contributed by atoms with E-state index in [2.05, 4.69) is 38.1 Å². The largest absolute Gasteiger partial charge is 0.462 e. The zero-order valence-electron chi connectivity index (χ0n) is 24.2. The van der Waals surface area contributed by atoms with E-state index in [9.17, 15) is 9.59 Å². The average Bonchev–Trinajstić information content (AvgIpc) is 2.87. The zero-order valence-corrected chi connectivity index (χ0v) is 24.2. The van der Waals surface area contributed by atoms with Gasteiger partial charge in [-0.25, -0.2) is 0 Å². The van der Waals surface area contributed by atoms with Crippen LogP contribution in [0.3, 0.4) is 0 Å². The first kappa shape index (κ1) is 32.9. The van der Waals surface area contributed by atoms with Gasteiger partial charge in [-0.15, -0.1) is 0 Å². The van der Waals surface area contributed by atoms with Crippen LogP contribution in [0.1, 0.15) is 136 Å². The smallest absolute Gasteiger partial charge is 0.302 e. The molecule has 0 spiro atoms. The van der Waals surface area contributed by atoms with Crippen LogP contribution in [0.15, 0.2) is 36.4 Å². The summed E-state index contributed by atoms with van der Waals surface area (Å²) in [5.41, 5.74) is 1.13. The number of esters is 2. The van der Waals surface area contributed by atoms with E-state index in [1.807, 2.05) is 18.2 Å². The summed E-state index contributed by atoms with van der Waals surface area (Å²) in [4.78, 5) is 24.0. The maximum Gasteiger partial charge on any atom is 0.302 e. The van der Waals surface area contributed by atoms with Crippen LogP contribution in [0.4, 0.5) is 0 Å². The first-order valence-electron chi connectivity index (χ1n) is 15.0. The first-order chi connectivity index (χ1) is 18.0. The Hall–Kier alpha value is -2.10. The number of unbranched alkanes of at least 4 members (excludes halogenated alkanes) is 11. The lowest BCUT2D eigenvalue weighted by Crippen LogP contribution is -2.31. The van der Waals surface area contributed by atoms with E-state index in [0.717, 1.165) is 37.7 Å². The molecule has 0 saturated heterocycles. The van der Waals surface area contributed by atoms with Crippen LogP contribution >= 0.6 is 0 Å². The molecule has 0 heterocycles. The maximum absolute atomic E-state index is 12.1. The Balaban J connectivity index is 2.80. The van der Waals surface area contributed by atoms with Crippen molar-refractivity contribution in [3.63, 3.8) is 0 Å². The SMILES string of the molecule is CCCCCCCCCCC[C@@H](C[C@H](OC(C)=O)[C@@H](/C=C/c1ccccc1)CCCCCC)OC(C)=O. The lowest BCUT2D eigenvalue weighted by atomic mass is 9.89. The van der Waals surface area contributed by atoms with Gasteiger partial charge in [0.05, 0.1) is 0 Å². The monoisotopic (exact) mass is 514 g/mol. The lowest BCUT2D eigenvalue weighted by Gasteiger charge is -2.28. The van der Waals surface area contributed by atoms with Gasteiger partial charge in [0.1, 0.15) is 12.2 Å². The molecule has 0 N–H and O–H groups in total. The van der Waals surface area contributed by atoms with Crippen LogP contribution in [0.2, 0.25) is 0 Å². The van der Waals surface area contributed by atoms with Gasteiger partial charge in [0.2, 0.25) is 0 Å². The highest BCUT2D eigenvalue weighted by Crippen LogP contribution is 2.26.